The maximum Gasteiger partial charge on any atom is 0.317 e. The highest BCUT2D eigenvalue weighted by Gasteiger charge is 2.26. The van der Waals surface area contributed by atoms with Crippen molar-refractivity contribution in [2.24, 2.45) is 5.92 Å². The lowest BCUT2D eigenvalue weighted by molar-refractivity contribution is 0.201. The molecule has 0 aliphatic carbocycles. The standard InChI is InChI=1S/C14H20N4O2/c1-3-7-15-14(19)18-8-6-12(9-18)10-20-13-5-4-11(2)16-17-13/h3-5,12H,1,6-10H2,2H3,(H,15,19). The molecule has 1 N–H and O–H groups in total. The molecule has 6 nitrogen and oxygen atoms in total. The largest absolute Gasteiger partial charge is 0.476 e. The number of rotatable bonds is 5. The van der Waals surface area contributed by atoms with Gasteiger partial charge in [0.2, 0.25) is 5.88 Å². The second-order valence-corrected chi connectivity index (χ2v) is 4.90. The van der Waals surface area contributed by atoms with Crippen molar-refractivity contribution in [3.8, 4) is 5.88 Å². The molecule has 1 aromatic rings. The maximum absolute atomic E-state index is 11.8. The van der Waals surface area contributed by atoms with Crippen LogP contribution in [0.1, 0.15) is 12.1 Å². The summed E-state index contributed by atoms with van der Waals surface area (Å²) < 4.78 is 5.61. The van der Waals surface area contributed by atoms with Crippen molar-refractivity contribution in [3.05, 3.63) is 30.5 Å². The Kier molecular flexibility index (Phi) is 4.92. The van der Waals surface area contributed by atoms with Crippen LogP contribution in [0.3, 0.4) is 0 Å². The average Bonchev–Trinajstić information content (AvgIpc) is 2.93. The number of amides is 2. The van der Waals surface area contributed by atoms with Gasteiger partial charge in [-0.1, -0.05) is 6.08 Å². The fourth-order valence-corrected chi connectivity index (χ4v) is 2.09. The zero-order valence-corrected chi connectivity index (χ0v) is 11.7. The Morgan fingerprint density at radius 1 is 1.60 bits per heavy atom. The van der Waals surface area contributed by atoms with Crippen molar-refractivity contribution in [1.29, 1.82) is 0 Å². The number of carbonyl (C=O) groups excluding carboxylic acids is 1. The number of carbonyl (C=O) groups is 1. The molecule has 2 heterocycles. The number of nitrogens with one attached hydrogen (secondary N) is 1. The smallest absolute Gasteiger partial charge is 0.317 e. The van der Waals surface area contributed by atoms with Gasteiger partial charge in [-0.3, -0.25) is 0 Å². The van der Waals surface area contributed by atoms with Crippen LogP contribution in [0.25, 0.3) is 0 Å². The van der Waals surface area contributed by atoms with Crippen molar-refractivity contribution in [2.45, 2.75) is 13.3 Å². The van der Waals surface area contributed by atoms with E-state index in [4.69, 9.17) is 4.74 Å². The Balaban J connectivity index is 1.74. The van der Waals surface area contributed by atoms with E-state index in [9.17, 15) is 4.79 Å². The van der Waals surface area contributed by atoms with Crippen LogP contribution in [0.2, 0.25) is 0 Å². The highest BCUT2D eigenvalue weighted by atomic mass is 16.5. The van der Waals surface area contributed by atoms with E-state index in [1.165, 1.54) is 0 Å². The molecule has 0 radical (unpaired) electrons. The summed E-state index contributed by atoms with van der Waals surface area (Å²) in [4.78, 5) is 13.6. The van der Waals surface area contributed by atoms with Crippen LogP contribution < -0.4 is 10.1 Å². The third kappa shape index (κ3) is 3.94. The zero-order chi connectivity index (χ0) is 14.4. The molecule has 1 saturated heterocycles. The summed E-state index contributed by atoms with van der Waals surface area (Å²) in [6, 6.07) is 3.64. The fourth-order valence-electron chi connectivity index (χ4n) is 2.09. The van der Waals surface area contributed by atoms with Crippen LogP contribution in [-0.2, 0) is 0 Å². The molecule has 0 spiro atoms. The zero-order valence-electron chi connectivity index (χ0n) is 11.7. The molecular formula is C14H20N4O2. The van der Waals surface area contributed by atoms with E-state index < -0.39 is 0 Å². The van der Waals surface area contributed by atoms with Crippen LogP contribution >= 0.6 is 0 Å². The van der Waals surface area contributed by atoms with Crippen LogP contribution in [-0.4, -0.2) is 47.4 Å². The number of nitrogens with zero attached hydrogens (tertiary/aromatic N) is 3. The lowest BCUT2D eigenvalue weighted by Crippen LogP contribution is -2.38. The predicted molar refractivity (Wildman–Crippen MR) is 75.5 cm³/mol. The molecule has 1 aliphatic heterocycles. The lowest BCUT2D eigenvalue weighted by atomic mass is 10.1. The van der Waals surface area contributed by atoms with Gasteiger partial charge in [-0.15, -0.1) is 11.7 Å². The van der Waals surface area contributed by atoms with Gasteiger partial charge in [0.05, 0.1) is 12.3 Å². The summed E-state index contributed by atoms with van der Waals surface area (Å²) in [5, 5.41) is 10.7. The normalized spacial score (nSPS) is 17.9. The van der Waals surface area contributed by atoms with E-state index in [1.54, 1.807) is 11.0 Å². The Morgan fingerprint density at radius 3 is 3.15 bits per heavy atom. The highest BCUT2D eigenvalue weighted by molar-refractivity contribution is 5.74. The molecule has 0 bridgehead atoms. The molecule has 2 amide bonds. The molecule has 1 atom stereocenters. The van der Waals surface area contributed by atoms with Gasteiger partial charge < -0.3 is 15.0 Å². The first-order valence-corrected chi connectivity index (χ1v) is 6.76. The third-order valence-electron chi connectivity index (χ3n) is 3.21. The van der Waals surface area contributed by atoms with Gasteiger partial charge in [-0.2, -0.15) is 5.10 Å². The number of aryl methyl sites for hydroxylation is 1. The fraction of sp³-hybridized carbons (Fsp3) is 0.500. The summed E-state index contributed by atoms with van der Waals surface area (Å²) >= 11 is 0. The third-order valence-corrected chi connectivity index (χ3v) is 3.21. The van der Waals surface area contributed by atoms with Crippen molar-refractivity contribution in [1.82, 2.24) is 20.4 Å². The van der Waals surface area contributed by atoms with E-state index >= 15 is 0 Å². The first-order valence-electron chi connectivity index (χ1n) is 6.76. The second-order valence-electron chi connectivity index (χ2n) is 4.90. The van der Waals surface area contributed by atoms with Gasteiger partial charge in [-0.05, 0) is 19.4 Å². The van der Waals surface area contributed by atoms with Crippen LogP contribution in [0.4, 0.5) is 4.79 Å². The first-order chi connectivity index (χ1) is 9.69. The minimum Gasteiger partial charge on any atom is -0.476 e. The number of hydrogen-bond donors (Lipinski definition) is 1. The van der Waals surface area contributed by atoms with Crippen molar-refractivity contribution in [3.63, 3.8) is 0 Å². The predicted octanol–water partition coefficient (Wildman–Crippen LogP) is 1.38. The van der Waals surface area contributed by atoms with Crippen LogP contribution in [0, 0.1) is 12.8 Å². The second kappa shape index (κ2) is 6.88. The maximum atomic E-state index is 11.8. The van der Waals surface area contributed by atoms with Gasteiger partial charge in [0.15, 0.2) is 0 Å². The Labute approximate surface area is 118 Å². The van der Waals surface area contributed by atoms with Gasteiger partial charge in [0, 0.05) is 31.6 Å². The monoisotopic (exact) mass is 276 g/mol. The number of likely N-dealkylation sites (tertiary alicyclic amines) is 1. The molecular weight excluding hydrogens is 256 g/mol. The van der Waals surface area contributed by atoms with E-state index in [0.717, 1.165) is 18.7 Å². The molecule has 1 aliphatic rings. The van der Waals surface area contributed by atoms with Gasteiger partial charge >= 0.3 is 6.03 Å². The minimum atomic E-state index is -0.0393. The van der Waals surface area contributed by atoms with E-state index in [2.05, 4.69) is 22.1 Å². The Bertz CT molecular complexity index is 461. The molecule has 1 aromatic heterocycles. The van der Waals surface area contributed by atoms with E-state index in [-0.39, 0.29) is 6.03 Å². The topological polar surface area (TPSA) is 67.4 Å². The summed E-state index contributed by atoms with van der Waals surface area (Å²) in [6.07, 6.45) is 2.62. The Morgan fingerprint density at radius 2 is 2.45 bits per heavy atom. The van der Waals surface area contributed by atoms with E-state index in [1.807, 2.05) is 19.1 Å². The molecule has 1 fully saturated rings. The van der Waals surface area contributed by atoms with Gasteiger partial charge in [0.1, 0.15) is 0 Å². The molecule has 0 saturated carbocycles. The number of urea groups is 1. The number of aromatic nitrogens is 2. The highest BCUT2D eigenvalue weighted by Crippen LogP contribution is 2.17. The van der Waals surface area contributed by atoms with Gasteiger partial charge in [-0.25, -0.2) is 4.79 Å². The summed E-state index contributed by atoms with van der Waals surface area (Å²) in [5.41, 5.74) is 0.864. The van der Waals surface area contributed by atoms with Crippen LogP contribution in [0.5, 0.6) is 5.88 Å². The average molecular weight is 276 g/mol. The number of hydrogen-bond acceptors (Lipinski definition) is 4. The quantitative estimate of drug-likeness (QED) is 0.825. The first kappa shape index (κ1) is 14.3. The van der Waals surface area contributed by atoms with Crippen LogP contribution in [0.15, 0.2) is 24.8 Å². The van der Waals surface area contributed by atoms with Crippen molar-refractivity contribution < 1.29 is 9.53 Å². The minimum absolute atomic E-state index is 0.0393. The Hall–Kier alpha value is -2.11. The molecule has 108 valence electrons. The molecule has 2 rings (SSSR count). The lowest BCUT2D eigenvalue weighted by Gasteiger charge is -2.16. The van der Waals surface area contributed by atoms with Gasteiger partial charge in [0.25, 0.3) is 0 Å². The van der Waals surface area contributed by atoms with Crippen molar-refractivity contribution >= 4 is 6.03 Å². The van der Waals surface area contributed by atoms with E-state index in [0.29, 0.717) is 31.5 Å². The molecule has 6 heteroatoms. The number of ether oxygens (including phenoxy) is 1. The summed E-state index contributed by atoms with van der Waals surface area (Å²) in [6.45, 7) is 7.98. The SMILES string of the molecule is C=CCNC(=O)N1CCC(COc2ccc(C)nn2)C1. The molecule has 20 heavy (non-hydrogen) atoms. The summed E-state index contributed by atoms with van der Waals surface area (Å²) in [7, 11) is 0. The molecule has 1 unspecified atom stereocenters. The van der Waals surface area contributed by atoms with Crippen molar-refractivity contribution in [2.75, 3.05) is 26.2 Å². The molecule has 0 aromatic carbocycles. The summed E-state index contributed by atoms with van der Waals surface area (Å²) in [5.74, 6) is 0.873.